The van der Waals surface area contributed by atoms with Crippen LogP contribution >= 0.6 is 0 Å². The van der Waals surface area contributed by atoms with Crippen LogP contribution in [0.1, 0.15) is 41.5 Å². The fourth-order valence-electron chi connectivity index (χ4n) is 2.82. The van der Waals surface area contributed by atoms with Crippen molar-refractivity contribution < 1.29 is 18.8 Å². The molecule has 0 amide bonds. The lowest BCUT2D eigenvalue weighted by Crippen LogP contribution is -2.41. The Hall–Kier alpha value is -0.545. The van der Waals surface area contributed by atoms with Crippen molar-refractivity contribution in [1.82, 2.24) is 0 Å². The van der Waals surface area contributed by atoms with Gasteiger partial charge in [0.25, 0.3) is 0 Å². The first-order valence-electron chi connectivity index (χ1n) is 7.22. The van der Waals surface area contributed by atoms with E-state index in [4.69, 9.17) is 14.0 Å². The number of esters is 1. The normalized spacial score (nSPS) is 35.3. The monoisotopic (exact) mass is 268 g/mol. The van der Waals surface area contributed by atoms with Crippen molar-refractivity contribution in [3.05, 3.63) is 0 Å². The van der Waals surface area contributed by atoms with E-state index in [-0.39, 0.29) is 30.2 Å². The molecule has 0 bridgehead atoms. The maximum Gasteiger partial charge on any atom is 0.458 e. The Labute approximate surface area is 116 Å². The average molecular weight is 268 g/mol. The molecule has 0 aromatic heterocycles. The van der Waals surface area contributed by atoms with Gasteiger partial charge in [-0.3, -0.25) is 4.79 Å². The smallest absolute Gasteiger partial charge is 0.458 e. The maximum atomic E-state index is 11.8. The first kappa shape index (κ1) is 14.9. The topological polar surface area (TPSA) is 44.8 Å². The van der Waals surface area contributed by atoms with E-state index in [1.165, 1.54) is 0 Å². The molecule has 1 saturated carbocycles. The second-order valence-electron chi connectivity index (χ2n) is 6.72. The van der Waals surface area contributed by atoms with Crippen LogP contribution in [0.25, 0.3) is 0 Å². The summed E-state index contributed by atoms with van der Waals surface area (Å²) in [5, 5.41) is 0. The van der Waals surface area contributed by atoms with Gasteiger partial charge in [-0.15, -0.1) is 0 Å². The summed E-state index contributed by atoms with van der Waals surface area (Å²) in [5.41, 5.74) is -0.593. The van der Waals surface area contributed by atoms with E-state index in [0.717, 1.165) is 6.32 Å². The van der Waals surface area contributed by atoms with Crippen LogP contribution in [-0.4, -0.2) is 30.9 Å². The minimum absolute atomic E-state index is 0.0268. The third-order valence-corrected chi connectivity index (χ3v) is 4.89. The van der Waals surface area contributed by atoms with E-state index >= 15 is 0 Å². The first-order valence-corrected chi connectivity index (χ1v) is 7.22. The van der Waals surface area contributed by atoms with Crippen LogP contribution in [0.15, 0.2) is 0 Å². The van der Waals surface area contributed by atoms with Gasteiger partial charge in [0.05, 0.1) is 23.7 Å². The standard InChI is InChI=1S/C14H25BO4/c1-7-17-12(16)11-9(2)10(11)8-15-18-13(3,4)14(5,6)19-15/h9-11H,7-8H2,1-6H3/t9-,10-,11-/m1/s1. The Morgan fingerprint density at radius 1 is 1.21 bits per heavy atom. The van der Waals surface area contributed by atoms with Gasteiger partial charge in [-0.2, -0.15) is 0 Å². The quantitative estimate of drug-likeness (QED) is 0.580. The number of hydrogen-bond acceptors (Lipinski definition) is 4. The molecule has 1 aliphatic carbocycles. The summed E-state index contributed by atoms with van der Waals surface area (Å²) in [5.74, 6) is 0.655. The van der Waals surface area contributed by atoms with Gasteiger partial charge >= 0.3 is 13.1 Å². The Kier molecular flexibility index (Phi) is 3.73. The van der Waals surface area contributed by atoms with E-state index in [2.05, 4.69) is 6.92 Å². The maximum absolute atomic E-state index is 11.8. The molecule has 0 spiro atoms. The Bertz CT molecular complexity index is 350. The largest absolute Gasteiger partial charge is 0.466 e. The molecule has 0 radical (unpaired) electrons. The number of carbonyl (C=O) groups is 1. The number of rotatable bonds is 4. The van der Waals surface area contributed by atoms with Gasteiger partial charge in [0, 0.05) is 0 Å². The molecule has 4 nitrogen and oxygen atoms in total. The summed E-state index contributed by atoms with van der Waals surface area (Å²) < 4.78 is 17.0. The van der Waals surface area contributed by atoms with Crippen molar-refractivity contribution in [3.8, 4) is 0 Å². The summed E-state index contributed by atoms with van der Waals surface area (Å²) in [6.07, 6.45) is 0.775. The zero-order valence-corrected chi connectivity index (χ0v) is 12.9. The predicted molar refractivity (Wildman–Crippen MR) is 73.7 cm³/mol. The average Bonchev–Trinajstić information content (AvgIpc) is 2.80. The van der Waals surface area contributed by atoms with Crippen LogP contribution in [0.4, 0.5) is 0 Å². The van der Waals surface area contributed by atoms with Crippen LogP contribution in [0.5, 0.6) is 0 Å². The third-order valence-electron chi connectivity index (χ3n) is 4.89. The molecule has 3 atom stereocenters. The summed E-state index contributed by atoms with van der Waals surface area (Å²) in [4.78, 5) is 11.8. The zero-order chi connectivity index (χ0) is 14.4. The van der Waals surface area contributed by atoms with Crippen LogP contribution in [-0.2, 0) is 18.8 Å². The highest BCUT2D eigenvalue weighted by atomic mass is 16.7. The fourth-order valence-corrected chi connectivity index (χ4v) is 2.82. The van der Waals surface area contributed by atoms with Gasteiger partial charge in [0.2, 0.25) is 0 Å². The van der Waals surface area contributed by atoms with Gasteiger partial charge < -0.3 is 14.0 Å². The van der Waals surface area contributed by atoms with E-state index in [0.29, 0.717) is 18.4 Å². The summed E-state index contributed by atoms with van der Waals surface area (Å²) >= 11 is 0. The molecular formula is C14H25BO4. The Balaban J connectivity index is 1.89. The molecule has 0 N–H and O–H groups in total. The van der Waals surface area contributed by atoms with Gasteiger partial charge in [-0.05, 0) is 52.8 Å². The van der Waals surface area contributed by atoms with Gasteiger partial charge in [0.15, 0.2) is 0 Å². The lowest BCUT2D eigenvalue weighted by molar-refractivity contribution is -0.145. The van der Waals surface area contributed by atoms with E-state index < -0.39 is 0 Å². The minimum atomic E-state index is -0.296. The molecule has 2 fully saturated rings. The predicted octanol–water partition coefficient (Wildman–Crippen LogP) is 2.52. The lowest BCUT2D eigenvalue weighted by atomic mass is 9.81. The van der Waals surface area contributed by atoms with Gasteiger partial charge in [-0.25, -0.2) is 0 Å². The summed E-state index contributed by atoms with van der Waals surface area (Å²) in [7, 11) is -0.211. The van der Waals surface area contributed by atoms with Crippen molar-refractivity contribution >= 4 is 13.1 Å². The first-order chi connectivity index (χ1) is 8.69. The lowest BCUT2D eigenvalue weighted by Gasteiger charge is -2.32. The number of hydrogen-bond donors (Lipinski definition) is 0. The van der Waals surface area contributed by atoms with Crippen molar-refractivity contribution in [3.63, 3.8) is 0 Å². The highest BCUT2D eigenvalue weighted by molar-refractivity contribution is 6.45. The van der Waals surface area contributed by atoms with Crippen molar-refractivity contribution in [2.75, 3.05) is 6.61 Å². The number of carbonyl (C=O) groups excluding carboxylic acids is 1. The molecule has 108 valence electrons. The highest BCUT2D eigenvalue weighted by Crippen LogP contribution is 2.51. The van der Waals surface area contributed by atoms with Crippen LogP contribution < -0.4 is 0 Å². The van der Waals surface area contributed by atoms with E-state index in [9.17, 15) is 4.79 Å². The van der Waals surface area contributed by atoms with Crippen LogP contribution in [0, 0.1) is 17.8 Å². The number of ether oxygens (including phenoxy) is 1. The fraction of sp³-hybridized carbons (Fsp3) is 0.929. The second kappa shape index (κ2) is 4.78. The van der Waals surface area contributed by atoms with Gasteiger partial charge in [-0.1, -0.05) is 6.92 Å². The minimum Gasteiger partial charge on any atom is -0.466 e. The molecule has 1 saturated heterocycles. The molecule has 0 aromatic carbocycles. The third kappa shape index (κ3) is 2.68. The molecular weight excluding hydrogens is 243 g/mol. The van der Waals surface area contributed by atoms with Crippen molar-refractivity contribution in [2.45, 2.75) is 59.1 Å². The molecule has 19 heavy (non-hydrogen) atoms. The summed E-state index contributed by atoms with van der Waals surface area (Å²) in [6.45, 7) is 12.6. The van der Waals surface area contributed by atoms with Crippen LogP contribution in [0.2, 0.25) is 6.32 Å². The molecule has 1 aliphatic heterocycles. The van der Waals surface area contributed by atoms with E-state index in [1.807, 2.05) is 34.6 Å². The Morgan fingerprint density at radius 3 is 2.21 bits per heavy atom. The van der Waals surface area contributed by atoms with E-state index in [1.54, 1.807) is 0 Å². The highest BCUT2D eigenvalue weighted by Gasteiger charge is 2.58. The van der Waals surface area contributed by atoms with Crippen LogP contribution in [0.3, 0.4) is 0 Å². The molecule has 0 aromatic rings. The molecule has 1 heterocycles. The molecule has 2 aliphatic rings. The molecule has 5 heteroatoms. The second-order valence-corrected chi connectivity index (χ2v) is 6.72. The summed E-state index contributed by atoms with van der Waals surface area (Å²) in [6, 6.07) is 0. The molecule has 0 unspecified atom stereocenters. The van der Waals surface area contributed by atoms with Gasteiger partial charge in [0.1, 0.15) is 0 Å². The van der Waals surface area contributed by atoms with Crippen molar-refractivity contribution in [2.24, 2.45) is 17.8 Å². The Morgan fingerprint density at radius 2 is 1.74 bits per heavy atom. The zero-order valence-electron chi connectivity index (χ0n) is 12.9. The SMILES string of the molecule is CCOC(=O)[C@@H]1[C@H](C)[C@H]1CB1OC(C)(C)C(C)(C)O1. The van der Waals surface area contributed by atoms with Crippen molar-refractivity contribution in [1.29, 1.82) is 0 Å². The molecule has 2 rings (SSSR count).